The largest absolute Gasteiger partial charge is 0.489 e. The quantitative estimate of drug-likeness (QED) is 0.281. The number of carbonyl (C=O) groups excluding carboxylic acids is 3. The number of imide groups is 1. The average molecular weight is 688 g/mol. The van der Waals surface area contributed by atoms with Crippen LogP contribution in [0, 0.1) is 0 Å². The van der Waals surface area contributed by atoms with E-state index in [0.717, 1.165) is 17.0 Å². The molecule has 0 radical (unpaired) electrons. The number of carbonyl (C=O) groups is 3. The molecule has 0 saturated carbocycles. The number of nitrogens with one attached hydrogen (secondary N) is 1. The topological polar surface area (TPSA) is 115 Å². The Morgan fingerprint density at radius 2 is 1.71 bits per heavy atom. The lowest BCUT2D eigenvalue weighted by Crippen LogP contribution is -2.60. The van der Waals surface area contributed by atoms with Crippen LogP contribution in [0.3, 0.4) is 0 Å². The van der Waals surface area contributed by atoms with Crippen molar-refractivity contribution < 1.29 is 50.6 Å². The summed E-state index contributed by atoms with van der Waals surface area (Å²) in [6, 6.07) is 3.91. The lowest BCUT2D eigenvalue weighted by atomic mass is 9.89. The van der Waals surface area contributed by atoms with Gasteiger partial charge in [-0.15, -0.1) is 0 Å². The van der Waals surface area contributed by atoms with Gasteiger partial charge in [-0.1, -0.05) is 25.5 Å². The third-order valence-corrected chi connectivity index (χ3v) is 8.64. The van der Waals surface area contributed by atoms with Gasteiger partial charge in [0.15, 0.2) is 5.54 Å². The average Bonchev–Trinajstić information content (AvgIpc) is 3.20. The fourth-order valence-corrected chi connectivity index (χ4v) is 6.12. The van der Waals surface area contributed by atoms with E-state index in [1.807, 2.05) is 13.8 Å². The summed E-state index contributed by atoms with van der Waals surface area (Å²) in [5.74, 6) is -0.725. The molecule has 2 aliphatic heterocycles. The van der Waals surface area contributed by atoms with Crippen molar-refractivity contribution in [1.29, 1.82) is 0 Å². The van der Waals surface area contributed by atoms with Crippen molar-refractivity contribution in [2.75, 3.05) is 24.5 Å². The Balaban J connectivity index is 1.52. The second-order valence-electron chi connectivity index (χ2n) is 12.7. The lowest BCUT2D eigenvalue weighted by Gasteiger charge is -2.46. The molecule has 48 heavy (non-hydrogen) atoms. The summed E-state index contributed by atoms with van der Waals surface area (Å²) in [6.07, 6.45) is -10.2. The van der Waals surface area contributed by atoms with Crippen LogP contribution >= 0.6 is 0 Å². The number of rotatable bonds is 9. The van der Waals surface area contributed by atoms with Crippen molar-refractivity contribution in [1.82, 2.24) is 20.1 Å². The van der Waals surface area contributed by atoms with E-state index in [9.17, 15) is 45.8 Å². The zero-order valence-electron chi connectivity index (χ0n) is 27.4. The minimum absolute atomic E-state index is 0.0855. The van der Waals surface area contributed by atoms with Gasteiger partial charge in [0, 0.05) is 36.4 Å². The SMILES string of the molecule is CCCc1cc(C(O)(C(F)(F)F)C(F)(F)F)ccc1N1CC(C)N(C(=O)CN2C(=O)N[C@](C)(c3ccc(OC(C)C)cn3)C2=O)CC1C. The maximum atomic E-state index is 13.6. The number of aromatic nitrogens is 1. The van der Waals surface area contributed by atoms with Gasteiger partial charge in [0.05, 0.1) is 18.0 Å². The van der Waals surface area contributed by atoms with Gasteiger partial charge in [-0.25, -0.2) is 4.79 Å². The van der Waals surface area contributed by atoms with Crippen LogP contribution in [0.4, 0.5) is 36.8 Å². The van der Waals surface area contributed by atoms with E-state index in [1.165, 1.54) is 18.0 Å². The molecule has 264 valence electrons. The second-order valence-corrected chi connectivity index (χ2v) is 12.7. The normalized spacial score (nSPS) is 22.4. The summed E-state index contributed by atoms with van der Waals surface area (Å²) in [5.41, 5.74) is -7.11. The Morgan fingerprint density at radius 3 is 2.25 bits per heavy atom. The summed E-state index contributed by atoms with van der Waals surface area (Å²) >= 11 is 0. The van der Waals surface area contributed by atoms with Crippen LogP contribution in [0.1, 0.15) is 64.8 Å². The van der Waals surface area contributed by atoms with Gasteiger partial charge in [-0.3, -0.25) is 19.5 Å². The third kappa shape index (κ3) is 6.63. The van der Waals surface area contributed by atoms with E-state index in [4.69, 9.17) is 4.74 Å². The highest BCUT2D eigenvalue weighted by Gasteiger charge is 2.71. The Labute approximate surface area is 274 Å². The molecule has 10 nitrogen and oxygen atoms in total. The number of anilines is 1. The second kappa shape index (κ2) is 13.1. The summed E-state index contributed by atoms with van der Waals surface area (Å²) in [5, 5.41) is 12.6. The van der Waals surface area contributed by atoms with Gasteiger partial charge in [-0.2, -0.15) is 26.3 Å². The molecule has 2 saturated heterocycles. The standard InChI is InChI=1S/C32H39F6N5O5/c1-7-8-21-13-22(30(47,31(33,34)35)32(36,37)38)9-11-24(21)41-15-20(5)42(16-19(41)4)26(44)17-43-27(45)29(6,40-28(43)46)25-12-10-23(14-39-25)48-18(2)3/h9-14,18-20,47H,7-8,15-17H2,1-6H3,(H,40,46)/t19?,20?,29-/m1/s1. The number of alkyl halides is 6. The Kier molecular flexibility index (Phi) is 10.0. The number of aliphatic hydroxyl groups is 1. The van der Waals surface area contributed by atoms with Crippen molar-refractivity contribution in [2.24, 2.45) is 0 Å². The number of hydrogen-bond donors (Lipinski definition) is 2. The smallest absolute Gasteiger partial charge is 0.430 e. The summed E-state index contributed by atoms with van der Waals surface area (Å²) < 4.78 is 87.1. The first kappa shape index (κ1) is 36.8. The molecule has 2 aliphatic rings. The number of amides is 4. The minimum Gasteiger partial charge on any atom is -0.489 e. The molecule has 2 unspecified atom stereocenters. The molecule has 3 heterocycles. The number of hydrogen-bond acceptors (Lipinski definition) is 7. The van der Waals surface area contributed by atoms with Crippen LogP contribution in [0.2, 0.25) is 0 Å². The van der Waals surface area contributed by atoms with E-state index < -0.39 is 65.5 Å². The molecule has 2 fully saturated rings. The van der Waals surface area contributed by atoms with Crippen molar-refractivity contribution >= 4 is 23.5 Å². The predicted molar refractivity (Wildman–Crippen MR) is 162 cm³/mol. The molecule has 4 rings (SSSR count). The summed E-state index contributed by atoms with van der Waals surface area (Å²) in [7, 11) is 0. The first-order chi connectivity index (χ1) is 22.1. The lowest BCUT2D eigenvalue weighted by molar-refractivity contribution is -0.376. The summed E-state index contributed by atoms with van der Waals surface area (Å²) in [6.45, 7) is 10.0. The zero-order valence-corrected chi connectivity index (χ0v) is 27.4. The predicted octanol–water partition coefficient (Wildman–Crippen LogP) is 5.03. The molecule has 1 aromatic heterocycles. The number of piperazine rings is 1. The number of ether oxygens (including phenoxy) is 1. The molecule has 1 aromatic carbocycles. The number of benzene rings is 1. The van der Waals surface area contributed by atoms with Crippen LogP contribution in [-0.4, -0.2) is 87.9 Å². The first-order valence-corrected chi connectivity index (χ1v) is 15.5. The molecular weight excluding hydrogens is 648 g/mol. The Hall–Kier alpha value is -4.08. The van der Waals surface area contributed by atoms with Crippen molar-refractivity contribution in [2.45, 2.75) is 96.1 Å². The molecule has 16 heteroatoms. The fraction of sp³-hybridized carbons (Fsp3) is 0.562. The first-order valence-electron chi connectivity index (χ1n) is 15.5. The summed E-state index contributed by atoms with van der Waals surface area (Å²) in [4.78, 5) is 48.2. The third-order valence-electron chi connectivity index (χ3n) is 8.64. The monoisotopic (exact) mass is 687 g/mol. The highest BCUT2D eigenvalue weighted by atomic mass is 19.4. The van der Waals surface area contributed by atoms with Gasteiger partial charge in [0.25, 0.3) is 11.5 Å². The Bertz CT molecular complexity index is 1520. The van der Waals surface area contributed by atoms with E-state index in [0.29, 0.717) is 23.9 Å². The molecule has 0 aliphatic carbocycles. The number of halogens is 6. The highest BCUT2D eigenvalue weighted by molar-refractivity contribution is 6.09. The van der Waals surface area contributed by atoms with E-state index >= 15 is 0 Å². The molecule has 2 N–H and O–H groups in total. The van der Waals surface area contributed by atoms with Crippen LogP contribution in [0.5, 0.6) is 5.75 Å². The highest BCUT2D eigenvalue weighted by Crippen LogP contribution is 2.50. The zero-order chi connectivity index (χ0) is 36.0. The number of urea groups is 1. The molecule has 3 atom stereocenters. The van der Waals surface area contributed by atoms with Gasteiger partial charge in [0.2, 0.25) is 5.91 Å². The van der Waals surface area contributed by atoms with Crippen LogP contribution in [-0.2, 0) is 27.1 Å². The Morgan fingerprint density at radius 1 is 1.06 bits per heavy atom. The van der Waals surface area contributed by atoms with Crippen LogP contribution < -0.4 is 15.0 Å². The number of pyridine rings is 1. The fourth-order valence-electron chi connectivity index (χ4n) is 6.12. The van der Waals surface area contributed by atoms with Gasteiger partial charge in [0.1, 0.15) is 12.3 Å². The van der Waals surface area contributed by atoms with Crippen molar-refractivity contribution in [3.05, 3.63) is 53.3 Å². The number of nitrogens with zero attached hydrogens (tertiary/aromatic N) is 4. The van der Waals surface area contributed by atoms with E-state index in [1.54, 1.807) is 37.8 Å². The molecule has 0 spiro atoms. The van der Waals surface area contributed by atoms with Gasteiger partial charge >= 0.3 is 18.4 Å². The van der Waals surface area contributed by atoms with Crippen LogP contribution in [0.15, 0.2) is 36.5 Å². The molecule has 0 bridgehead atoms. The number of aryl methyl sites for hydroxylation is 1. The minimum atomic E-state index is -6.02. The molecule has 2 aromatic rings. The van der Waals surface area contributed by atoms with E-state index in [-0.39, 0.29) is 36.9 Å². The van der Waals surface area contributed by atoms with Crippen LogP contribution in [0.25, 0.3) is 0 Å². The molecular formula is C32H39F6N5O5. The maximum absolute atomic E-state index is 13.6. The van der Waals surface area contributed by atoms with Crippen molar-refractivity contribution in [3.8, 4) is 5.75 Å². The maximum Gasteiger partial charge on any atom is 0.430 e. The van der Waals surface area contributed by atoms with Gasteiger partial charge in [-0.05, 0) is 64.8 Å². The van der Waals surface area contributed by atoms with Gasteiger partial charge < -0.3 is 25.0 Å². The molecule has 4 amide bonds. The van der Waals surface area contributed by atoms with E-state index in [2.05, 4.69) is 10.3 Å². The van der Waals surface area contributed by atoms with Crippen molar-refractivity contribution in [3.63, 3.8) is 0 Å².